The number of nitrogens with zero attached hydrogens (tertiary/aromatic N) is 1. The molecule has 0 aliphatic rings. The number of rotatable bonds is 6. The van der Waals surface area contributed by atoms with Crippen molar-refractivity contribution < 1.29 is 4.79 Å². The van der Waals surface area contributed by atoms with Crippen molar-refractivity contribution in [2.24, 2.45) is 0 Å². The first kappa shape index (κ1) is 17.9. The zero-order valence-electron chi connectivity index (χ0n) is 14.8. The third-order valence-corrected chi connectivity index (χ3v) is 4.17. The predicted octanol–water partition coefficient (Wildman–Crippen LogP) is 2.90. The lowest BCUT2D eigenvalue weighted by Crippen LogP contribution is -2.29. The van der Waals surface area contributed by atoms with Crippen molar-refractivity contribution in [2.75, 3.05) is 0 Å². The van der Waals surface area contributed by atoms with E-state index in [4.69, 9.17) is 0 Å². The molecule has 128 valence electrons. The van der Waals surface area contributed by atoms with Gasteiger partial charge in [0.2, 0.25) is 5.91 Å². The third-order valence-electron chi connectivity index (χ3n) is 4.17. The van der Waals surface area contributed by atoms with Crippen molar-refractivity contribution in [2.45, 2.75) is 53.0 Å². The van der Waals surface area contributed by atoms with E-state index in [2.05, 4.69) is 15.3 Å². The first-order chi connectivity index (χ1) is 11.4. The summed E-state index contributed by atoms with van der Waals surface area (Å²) in [7, 11) is 0. The van der Waals surface area contributed by atoms with Crippen LogP contribution in [0.15, 0.2) is 29.1 Å². The molecule has 0 fully saturated rings. The van der Waals surface area contributed by atoms with Crippen LogP contribution in [0.1, 0.15) is 54.0 Å². The van der Waals surface area contributed by atoms with E-state index in [9.17, 15) is 9.59 Å². The minimum absolute atomic E-state index is 0.00590. The van der Waals surface area contributed by atoms with Gasteiger partial charge >= 0.3 is 0 Å². The molecular weight excluding hydrogens is 302 g/mol. The summed E-state index contributed by atoms with van der Waals surface area (Å²) < 4.78 is 0. The highest BCUT2D eigenvalue weighted by molar-refractivity contribution is 5.76. The number of carbonyl (C=O) groups is 1. The quantitative estimate of drug-likeness (QED) is 0.856. The molecule has 0 radical (unpaired) electrons. The summed E-state index contributed by atoms with van der Waals surface area (Å²) in [5, 5.41) is 3.05. The van der Waals surface area contributed by atoms with Crippen LogP contribution in [-0.4, -0.2) is 15.9 Å². The second-order valence-corrected chi connectivity index (χ2v) is 6.15. The lowest BCUT2D eigenvalue weighted by atomic mass is 10.0. The van der Waals surface area contributed by atoms with Crippen LogP contribution in [-0.2, 0) is 11.2 Å². The standard InChI is InChI=1S/C19H25N3O2/c1-5-17(15-8-6-12(2)7-9-15)22-18(23)11-10-16-13(3)20-14(4)21-19(16)24/h6-9,17H,5,10-11H2,1-4H3,(H,22,23)(H,20,21,24)/t17-/m0/s1. The average molecular weight is 327 g/mol. The molecule has 1 aromatic carbocycles. The predicted molar refractivity (Wildman–Crippen MR) is 95.0 cm³/mol. The molecule has 0 aliphatic heterocycles. The van der Waals surface area contributed by atoms with Gasteiger partial charge in [-0.2, -0.15) is 0 Å². The minimum Gasteiger partial charge on any atom is -0.349 e. The van der Waals surface area contributed by atoms with Crippen molar-refractivity contribution >= 4 is 5.91 Å². The van der Waals surface area contributed by atoms with Gasteiger partial charge in [-0.3, -0.25) is 9.59 Å². The molecule has 24 heavy (non-hydrogen) atoms. The summed E-state index contributed by atoms with van der Waals surface area (Å²) in [6, 6.07) is 8.18. The minimum atomic E-state index is -0.154. The molecular formula is C19H25N3O2. The van der Waals surface area contributed by atoms with Crippen molar-refractivity contribution in [1.82, 2.24) is 15.3 Å². The van der Waals surface area contributed by atoms with E-state index in [1.54, 1.807) is 13.8 Å². The maximum Gasteiger partial charge on any atom is 0.254 e. The summed E-state index contributed by atoms with van der Waals surface area (Å²) in [6.45, 7) is 7.64. The largest absolute Gasteiger partial charge is 0.349 e. The van der Waals surface area contributed by atoms with Crippen LogP contribution in [0.4, 0.5) is 0 Å². The molecule has 2 rings (SSSR count). The number of benzene rings is 1. The monoisotopic (exact) mass is 327 g/mol. The summed E-state index contributed by atoms with van der Waals surface area (Å²) in [4.78, 5) is 31.2. The van der Waals surface area contributed by atoms with Gasteiger partial charge < -0.3 is 10.3 Å². The first-order valence-electron chi connectivity index (χ1n) is 8.33. The highest BCUT2D eigenvalue weighted by Crippen LogP contribution is 2.17. The van der Waals surface area contributed by atoms with Crippen molar-refractivity contribution in [1.29, 1.82) is 0 Å². The van der Waals surface area contributed by atoms with Crippen LogP contribution >= 0.6 is 0 Å². The summed E-state index contributed by atoms with van der Waals surface area (Å²) in [6.07, 6.45) is 1.49. The first-order valence-corrected chi connectivity index (χ1v) is 8.33. The lowest BCUT2D eigenvalue weighted by molar-refractivity contribution is -0.121. The molecule has 1 atom stereocenters. The van der Waals surface area contributed by atoms with E-state index in [1.165, 1.54) is 5.56 Å². The molecule has 0 saturated carbocycles. The molecule has 5 heteroatoms. The van der Waals surface area contributed by atoms with Crippen molar-refractivity contribution in [3.63, 3.8) is 0 Å². The highest BCUT2D eigenvalue weighted by Gasteiger charge is 2.14. The molecule has 0 aliphatic carbocycles. The summed E-state index contributed by atoms with van der Waals surface area (Å²) >= 11 is 0. The fourth-order valence-electron chi connectivity index (χ4n) is 2.77. The van der Waals surface area contributed by atoms with Gasteiger partial charge in [0.15, 0.2) is 0 Å². The van der Waals surface area contributed by atoms with Crippen LogP contribution in [0.3, 0.4) is 0 Å². The second-order valence-electron chi connectivity index (χ2n) is 6.15. The molecule has 1 amide bonds. The molecule has 1 aromatic heterocycles. The fourth-order valence-corrected chi connectivity index (χ4v) is 2.77. The Morgan fingerprint density at radius 2 is 1.88 bits per heavy atom. The Morgan fingerprint density at radius 3 is 2.46 bits per heavy atom. The Labute approximate surface area is 142 Å². The zero-order chi connectivity index (χ0) is 17.7. The number of aryl methyl sites for hydroxylation is 3. The van der Waals surface area contributed by atoms with Crippen LogP contribution in [0.5, 0.6) is 0 Å². The van der Waals surface area contributed by atoms with Crippen LogP contribution in [0.2, 0.25) is 0 Å². The van der Waals surface area contributed by atoms with Gasteiger partial charge in [-0.1, -0.05) is 36.8 Å². The van der Waals surface area contributed by atoms with Gasteiger partial charge in [0.25, 0.3) is 5.56 Å². The van der Waals surface area contributed by atoms with Gasteiger partial charge in [0.1, 0.15) is 5.82 Å². The Balaban J connectivity index is 2.00. The Hall–Kier alpha value is -2.43. The van der Waals surface area contributed by atoms with Gasteiger partial charge in [0.05, 0.1) is 6.04 Å². The molecule has 2 N–H and O–H groups in total. The third kappa shape index (κ3) is 4.54. The van der Waals surface area contributed by atoms with Crippen molar-refractivity contribution in [3.05, 3.63) is 62.8 Å². The van der Waals surface area contributed by atoms with Crippen LogP contribution in [0, 0.1) is 20.8 Å². The number of aromatic amines is 1. The molecule has 0 bridgehead atoms. The van der Waals surface area contributed by atoms with E-state index in [0.29, 0.717) is 23.5 Å². The molecule has 0 saturated heterocycles. The number of amides is 1. The lowest BCUT2D eigenvalue weighted by Gasteiger charge is -2.18. The Kier molecular flexibility index (Phi) is 5.90. The Bertz CT molecular complexity index is 763. The van der Waals surface area contributed by atoms with Gasteiger partial charge in [-0.15, -0.1) is 0 Å². The fraction of sp³-hybridized carbons (Fsp3) is 0.421. The number of hydrogen-bond donors (Lipinski definition) is 2. The number of aromatic nitrogens is 2. The number of H-pyrrole nitrogens is 1. The van der Waals surface area contributed by atoms with E-state index >= 15 is 0 Å². The Morgan fingerprint density at radius 1 is 1.21 bits per heavy atom. The maximum atomic E-state index is 12.3. The molecule has 0 spiro atoms. The number of hydrogen-bond acceptors (Lipinski definition) is 3. The average Bonchev–Trinajstić information content (AvgIpc) is 2.52. The van der Waals surface area contributed by atoms with E-state index < -0.39 is 0 Å². The number of carbonyl (C=O) groups excluding carboxylic acids is 1. The van der Waals surface area contributed by atoms with Gasteiger partial charge in [0, 0.05) is 17.7 Å². The summed E-state index contributed by atoms with van der Waals surface area (Å²) in [5.41, 5.74) is 3.41. The normalized spacial score (nSPS) is 12.0. The highest BCUT2D eigenvalue weighted by atomic mass is 16.1. The summed E-state index contributed by atoms with van der Waals surface area (Å²) in [5.74, 6) is 0.540. The van der Waals surface area contributed by atoms with E-state index in [1.807, 2.05) is 38.1 Å². The van der Waals surface area contributed by atoms with Crippen LogP contribution < -0.4 is 10.9 Å². The van der Waals surface area contributed by atoms with Crippen LogP contribution in [0.25, 0.3) is 0 Å². The topological polar surface area (TPSA) is 74.8 Å². The van der Waals surface area contributed by atoms with Gasteiger partial charge in [-0.05, 0) is 39.2 Å². The molecule has 0 unspecified atom stereocenters. The smallest absolute Gasteiger partial charge is 0.254 e. The SMILES string of the molecule is CC[C@H](NC(=O)CCc1c(C)nc(C)[nH]c1=O)c1ccc(C)cc1. The number of nitrogens with one attached hydrogen (secondary N) is 2. The molecule has 1 heterocycles. The van der Waals surface area contributed by atoms with Crippen molar-refractivity contribution in [3.8, 4) is 0 Å². The molecule has 5 nitrogen and oxygen atoms in total. The maximum absolute atomic E-state index is 12.3. The zero-order valence-corrected chi connectivity index (χ0v) is 14.8. The van der Waals surface area contributed by atoms with E-state index in [0.717, 1.165) is 12.0 Å². The van der Waals surface area contributed by atoms with Gasteiger partial charge in [-0.25, -0.2) is 4.98 Å². The second kappa shape index (κ2) is 7.90. The molecule has 2 aromatic rings. The van der Waals surface area contributed by atoms with E-state index in [-0.39, 0.29) is 23.9 Å².